The molecule has 0 N–H and O–H groups in total. The maximum atomic E-state index is 14.2. The Kier molecular flexibility index (Phi) is 6.92. The molecule has 4 aromatic rings. The van der Waals surface area contributed by atoms with E-state index in [2.05, 4.69) is 41.3 Å². The van der Waals surface area contributed by atoms with Crippen LogP contribution in [0.5, 0.6) is 0 Å². The van der Waals surface area contributed by atoms with E-state index in [0.29, 0.717) is 24.5 Å². The van der Waals surface area contributed by atoms with Crippen LogP contribution in [0.2, 0.25) is 0 Å². The third-order valence-electron chi connectivity index (χ3n) is 5.97. The Morgan fingerprint density at radius 3 is 2.44 bits per heavy atom. The van der Waals surface area contributed by atoms with Crippen LogP contribution in [0.4, 0.5) is 13.2 Å². The van der Waals surface area contributed by atoms with Crippen molar-refractivity contribution < 1.29 is 13.2 Å². The molecular formula is C26H28BrF3N4. The Labute approximate surface area is 205 Å². The normalized spacial score (nSPS) is 12.5. The summed E-state index contributed by atoms with van der Waals surface area (Å²) in [5.74, 6) is 0.576. The van der Waals surface area contributed by atoms with Crippen molar-refractivity contribution in [3.63, 3.8) is 0 Å². The first kappa shape index (κ1) is 24.5. The molecule has 4 rings (SSSR count). The lowest BCUT2D eigenvalue weighted by molar-refractivity contribution is -0.141. The number of alkyl halides is 3. The molecule has 2 heterocycles. The third-order valence-corrected chi connectivity index (χ3v) is 6.60. The zero-order chi connectivity index (χ0) is 24.6. The molecule has 8 heteroatoms. The van der Waals surface area contributed by atoms with E-state index in [1.54, 1.807) is 15.0 Å². The predicted octanol–water partition coefficient (Wildman–Crippen LogP) is 7.58. The minimum atomic E-state index is -4.57. The molecule has 0 bridgehead atoms. The van der Waals surface area contributed by atoms with Crippen LogP contribution in [0.25, 0.3) is 22.5 Å². The van der Waals surface area contributed by atoms with Gasteiger partial charge in [-0.2, -0.15) is 13.2 Å². The maximum absolute atomic E-state index is 14.2. The van der Waals surface area contributed by atoms with Crippen LogP contribution in [0.3, 0.4) is 0 Å². The molecule has 0 saturated carbocycles. The second kappa shape index (κ2) is 9.58. The molecule has 0 atom stereocenters. The molecule has 0 aliphatic heterocycles. The van der Waals surface area contributed by atoms with E-state index in [1.807, 2.05) is 54.3 Å². The first-order valence-electron chi connectivity index (χ1n) is 11.4. The monoisotopic (exact) mass is 532 g/mol. The van der Waals surface area contributed by atoms with E-state index < -0.39 is 11.9 Å². The molecule has 0 saturated heterocycles. The topological polar surface area (TPSA) is 25.5 Å². The zero-order valence-electron chi connectivity index (χ0n) is 19.5. The van der Waals surface area contributed by atoms with Gasteiger partial charge in [0.2, 0.25) is 5.78 Å². The summed E-state index contributed by atoms with van der Waals surface area (Å²) < 4.78 is 46.9. The fraction of sp³-hybridized carbons (Fsp3) is 0.346. The lowest BCUT2D eigenvalue weighted by atomic mass is 10.0. The molecule has 0 spiro atoms. The van der Waals surface area contributed by atoms with Gasteiger partial charge in [0.1, 0.15) is 0 Å². The molecule has 2 aromatic carbocycles. The molecule has 0 amide bonds. The van der Waals surface area contributed by atoms with E-state index >= 15 is 0 Å². The Hall–Kier alpha value is -2.58. The molecule has 180 valence electrons. The van der Waals surface area contributed by atoms with Gasteiger partial charge in [0.25, 0.3) is 0 Å². The van der Waals surface area contributed by atoms with Gasteiger partial charge in [-0.25, -0.2) is 4.98 Å². The number of fused-ring (bicyclic) bond motifs is 3. The number of nitrogens with zero attached hydrogens (tertiary/aromatic N) is 4. The predicted molar refractivity (Wildman–Crippen MR) is 135 cm³/mol. The van der Waals surface area contributed by atoms with Gasteiger partial charge in [0.05, 0.1) is 22.4 Å². The summed E-state index contributed by atoms with van der Waals surface area (Å²) in [5, 5.41) is 0. The van der Waals surface area contributed by atoms with Gasteiger partial charge in [0, 0.05) is 17.6 Å². The number of halogens is 4. The van der Waals surface area contributed by atoms with Crippen molar-refractivity contribution >= 4 is 32.7 Å². The average molecular weight is 533 g/mol. The van der Waals surface area contributed by atoms with Crippen LogP contribution < -0.4 is 0 Å². The number of benzene rings is 2. The van der Waals surface area contributed by atoms with Crippen LogP contribution in [0.15, 0.2) is 59.6 Å². The van der Waals surface area contributed by atoms with E-state index in [1.165, 1.54) is 0 Å². The molecular weight excluding hydrogens is 505 g/mol. The molecule has 2 aromatic heterocycles. The summed E-state index contributed by atoms with van der Waals surface area (Å²) in [7, 11) is 0. The highest BCUT2D eigenvalue weighted by Gasteiger charge is 2.39. The van der Waals surface area contributed by atoms with Crippen LogP contribution in [-0.2, 0) is 12.7 Å². The zero-order valence-corrected chi connectivity index (χ0v) is 21.1. The molecule has 0 unspecified atom stereocenters. The van der Waals surface area contributed by atoms with Crippen LogP contribution >= 0.6 is 15.9 Å². The molecule has 34 heavy (non-hydrogen) atoms. The summed E-state index contributed by atoms with van der Waals surface area (Å²) in [5.41, 5.74) is 2.67. The van der Waals surface area contributed by atoms with Crippen molar-refractivity contribution in [2.24, 2.45) is 0 Å². The van der Waals surface area contributed by atoms with Crippen molar-refractivity contribution in [3.8, 4) is 5.69 Å². The minimum Gasteiger partial charge on any atom is -0.294 e. The number of rotatable bonds is 8. The van der Waals surface area contributed by atoms with E-state index in [9.17, 15) is 13.2 Å². The van der Waals surface area contributed by atoms with E-state index in [-0.39, 0.29) is 18.0 Å². The quantitative estimate of drug-likeness (QED) is 0.218. The first-order valence-corrected chi connectivity index (χ1v) is 12.2. The minimum absolute atomic E-state index is 0.122. The third kappa shape index (κ3) is 4.41. The summed E-state index contributed by atoms with van der Waals surface area (Å²) in [6.07, 6.45) is -2.02. The first-order chi connectivity index (χ1) is 16.2. The molecule has 0 radical (unpaired) electrons. The fourth-order valence-electron chi connectivity index (χ4n) is 4.41. The lowest BCUT2D eigenvalue weighted by Gasteiger charge is -2.20. The molecule has 4 nitrogen and oxygen atoms in total. The highest BCUT2D eigenvalue weighted by molar-refractivity contribution is 9.10. The van der Waals surface area contributed by atoms with Gasteiger partial charge in [0.15, 0.2) is 5.69 Å². The van der Waals surface area contributed by atoms with E-state index in [4.69, 9.17) is 0 Å². The van der Waals surface area contributed by atoms with Gasteiger partial charge >= 0.3 is 6.18 Å². The summed E-state index contributed by atoms with van der Waals surface area (Å²) in [4.78, 5) is 6.16. The van der Waals surface area contributed by atoms with Gasteiger partial charge in [-0.05, 0) is 64.6 Å². The number of para-hydroxylation sites is 2. The van der Waals surface area contributed by atoms with Crippen molar-refractivity contribution in [2.75, 3.05) is 13.1 Å². The fourth-order valence-corrected chi connectivity index (χ4v) is 4.99. The average Bonchev–Trinajstić information content (AvgIpc) is 3.29. The number of aromatic nitrogens is 3. The Bertz CT molecular complexity index is 1330. The van der Waals surface area contributed by atoms with Gasteiger partial charge in [-0.15, -0.1) is 6.58 Å². The number of imidazole rings is 2. The highest BCUT2D eigenvalue weighted by Crippen LogP contribution is 2.37. The Morgan fingerprint density at radius 1 is 1.15 bits per heavy atom. The molecule has 0 fully saturated rings. The van der Waals surface area contributed by atoms with Crippen molar-refractivity contribution in [2.45, 2.75) is 45.8 Å². The van der Waals surface area contributed by atoms with Crippen molar-refractivity contribution in [1.82, 2.24) is 18.9 Å². The van der Waals surface area contributed by atoms with E-state index in [0.717, 1.165) is 27.7 Å². The smallest absolute Gasteiger partial charge is 0.294 e. The summed E-state index contributed by atoms with van der Waals surface area (Å²) in [6.45, 7) is 11.3. The maximum Gasteiger partial charge on any atom is 0.435 e. The van der Waals surface area contributed by atoms with Gasteiger partial charge in [-0.3, -0.25) is 13.9 Å². The second-order valence-electron chi connectivity index (χ2n) is 8.75. The lowest BCUT2D eigenvalue weighted by Crippen LogP contribution is -2.26. The summed E-state index contributed by atoms with van der Waals surface area (Å²) in [6, 6.07) is 13.5. The largest absolute Gasteiger partial charge is 0.435 e. The molecule has 0 aliphatic rings. The Morgan fingerprint density at radius 2 is 1.85 bits per heavy atom. The van der Waals surface area contributed by atoms with Crippen LogP contribution in [0, 0.1) is 0 Å². The van der Waals surface area contributed by atoms with Crippen LogP contribution in [0.1, 0.15) is 50.1 Å². The van der Waals surface area contributed by atoms with Crippen LogP contribution in [-0.4, -0.2) is 31.9 Å². The SMILES string of the molecule is C=CCN(CCC)Cc1c(C(F)(F)F)nc2n(-c3ccc(C(C)C)cc3Br)c3ccccc3n12. The number of hydrogen-bond acceptors (Lipinski definition) is 2. The summed E-state index contributed by atoms with van der Waals surface area (Å²) >= 11 is 3.66. The Balaban J connectivity index is 2.04. The van der Waals surface area contributed by atoms with Gasteiger partial charge in [-0.1, -0.05) is 45.0 Å². The van der Waals surface area contributed by atoms with Gasteiger partial charge < -0.3 is 0 Å². The second-order valence-corrected chi connectivity index (χ2v) is 9.61. The van der Waals surface area contributed by atoms with Crippen molar-refractivity contribution in [1.29, 1.82) is 0 Å². The van der Waals surface area contributed by atoms with Crippen molar-refractivity contribution in [3.05, 3.63) is 76.5 Å². The highest BCUT2D eigenvalue weighted by atomic mass is 79.9. The molecule has 0 aliphatic carbocycles. The number of hydrogen-bond donors (Lipinski definition) is 0. The standard InChI is InChI=1S/C26H28BrF3N4/c1-5-13-32(14-6-2)16-23-24(26(28,29)30)31-25-33(21-9-7-8-10-22(21)34(23)25)20-12-11-18(17(3)4)15-19(20)27/h5,7-12,15,17H,1,6,13-14,16H2,2-4H3.